The van der Waals surface area contributed by atoms with E-state index in [1.165, 1.54) is 6.42 Å². The molecule has 0 aromatic carbocycles. The highest BCUT2D eigenvalue weighted by Gasteiger charge is 2.30. The summed E-state index contributed by atoms with van der Waals surface area (Å²) in [5, 5.41) is 0. The predicted molar refractivity (Wildman–Crippen MR) is 82.1 cm³/mol. The molecule has 3 rings (SSSR count). The van der Waals surface area contributed by atoms with Gasteiger partial charge in [-0.15, -0.1) is 0 Å². The molecule has 21 heavy (non-hydrogen) atoms. The fourth-order valence-electron chi connectivity index (χ4n) is 3.28. The number of nitrogens with zero attached hydrogens (tertiary/aromatic N) is 4. The molecule has 0 aliphatic carbocycles. The Kier molecular flexibility index (Phi) is 4.36. The molecule has 1 aromatic rings. The van der Waals surface area contributed by atoms with Crippen molar-refractivity contribution in [3.05, 3.63) is 18.0 Å². The van der Waals surface area contributed by atoms with E-state index in [1.54, 1.807) is 0 Å². The van der Waals surface area contributed by atoms with E-state index in [-0.39, 0.29) is 5.92 Å². The number of hydrogen-bond donors (Lipinski definition) is 0. The van der Waals surface area contributed by atoms with Gasteiger partial charge in [0.1, 0.15) is 0 Å². The van der Waals surface area contributed by atoms with Crippen molar-refractivity contribution in [2.45, 2.75) is 39.0 Å². The van der Waals surface area contributed by atoms with Crippen LogP contribution in [0, 0.1) is 12.8 Å². The normalized spacial score (nSPS) is 23.2. The summed E-state index contributed by atoms with van der Waals surface area (Å²) < 4.78 is 0. The number of amides is 1. The molecule has 2 aliphatic heterocycles. The summed E-state index contributed by atoms with van der Waals surface area (Å²) in [7, 11) is 0. The quantitative estimate of drug-likeness (QED) is 0.835. The molecule has 0 radical (unpaired) electrons. The SMILES string of the molecule is Cc1cnc(N2CCCC(C(=O)N3CCCCC3)C2)nc1. The van der Waals surface area contributed by atoms with Gasteiger partial charge in [0.15, 0.2) is 0 Å². The van der Waals surface area contributed by atoms with Crippen molar-refractivity contribution in [2.75, 3.05) is 31.1 Å². The van der Waals surface area contributed by atoms with Gasteiger partial charge in [-0.3, -0.25) is 4.79 Å². The van der Waals surface area contributed by atoms with Gasteiger partial charge in [-0.2, -0.15) is 0 Å². The third kappa shape index (κ3) is 3.34. The van der Waals surface area contributed by atoms with Crippen LogP contribution in [0.3, 0.4) is 0 Å². The summed E-state index contributed by atoms with van der Waals surface area (Å²) in [5.41, 5.74) is 1.07. The lowest BCUT2D eigenvalue weighted by molar-refractivity contribution is -0.136. The van der Waals surface area contributed by atoms with Crippen molar-refractivity contribution >= 4 is 11.9 Å². The van der Waals surface area contributed by atoms with E-state index < -0.39 is 0 Å². The monoisotopic (exact) mass is 288 g/mol. The topological polar surface area (TPSA) is 49.3 Å². The second kappa shape index (κ2) is 6.41. The summed E-state index contributed by atoms with van der Waals surface area (Å²) >= 11 is 0. The summed E-state index contributed by atoms with van der Waals surface area (Å²) in [4.78, 5) is 25.7. The summed E-state index contributed by atoms with van der Waals surface area (Å²) in [6.45, 7) is 5.58. The van der Waals surface area contributed by atoms with Crippen molar-refractivity contribution < 1.29 is 4.79 Å². The Bertz CT molecular complexity index is 482. The van der Waals surface area contributed by atoms with Gasteiger partial charge in [-0.25, -0.2) is 9.97 Å². The molecule has 3 heterocycles. The van der Waals surface area contributed by atoms with E-state index in [0.717, 1.165) is 63.4 Å². The second-order valence-electron chi connectivity index (χ2n) is 6.23. The molecule has 1 atom stereocenters. The van der Waals surface area contributed by atoms with Crippen LogP contribution < -0.4 is 4.90 Å². The maximum Gasteiger partial charge on any atom is 0.227 e. The number of carbonyl (C=O) groups is 1. The number of aromatic nitrogens is 2. The standard InChI is InChI=1S/C16H24N4O/c1-13-10-17-16(18-11-13)20-9-5-6-14(12-20)15(21)19-7-3-2-4-8-19/h10-11,14H,2-9,12H2,1H3. The molecule has 2 aliphatic rings. The molecule has 0 saturated carbocycles. The van der Waals surface area contributed by atoms with E-state index in [1.807, 2.05) is 19.3 Å². The zero-order valence-electron chi connectivity index (χ0n) is 12.8. The Hall–Kier alpha value is -1.65. The van der Waals surface area contributed by atoms with Gasteiger partial charge in [0.2, 0.25) is 11.9 Å². The molecule has 114 valence electrons. The van der Waals surface area contributed by atoms with Crippen LogP contribution in [0.5, 0.6) is 0 Å². The number of anilines is 1. The van der Waals surface area contributed by atoms with Crippen LogP contribution in [0.1, 0.15) is 37.7 Å². The zero-order valence-corrected chi connectivity index (χ0v) is 12.8. The van der Waals surface area contributed by atoms with Gasteiger partial charge in [-0.05, 0) is 44.6 Å². The number of piperidine rings is 2. The maximum absolute atomic E-state index is 12.6. The zero-order chi connectivity index (χ0) is 14.7. The lowest BCUT2D eigenvalue weighted by atomic mass is 9.95. The first-order valence-electron chi connectivity index (χ1n) is 8.06. The summed E-state index contributed by atoms with van der Waals surface area (Å²) in [5.74, 6) is 1.21. The molecule has 5 heteroatoms. The minimum absolute atomic E-state index is 0.113. The summed E-state index contributed by atoms with van der Waals surface area (Å²) in [6, 6.07) is 0. The Balaban J connectivity index is 1.64. The van der Waals surface area contributed by atoms with E-state index in [4.69, 9.17) is 0 Å². The molecule has 2 fully saturated rings. The number of rotatable bonds is 2. The lowest BCUT2D eigenvalue weighted by Crippen LogP contribution is -2.46. The van der Waals surface area contributed by atoms with E-state index in [0.29, 0.717) is 5.91 Å². The second-order valence-corrected chi connectivity index (χ2v) is 6.23. The highest BCUT2D eigenvalue weighted by atomic mass is 16.2. The van der Waals surface area contributed by atoms with Crippen molar-refractivity contribution in [1.29, 1.82) is 0 Å². The van der Waals surface area contributed by atoms with Crippen molar-refractivity contribution in [2.24, 2.45) is 5.92 Å². The van der Waals surface area contributed by atoms with Crippen molar-refractivity contribution in [3.63, 3.8) is 0 Å². The maximum atomic E-state index is 12.6. The van der Waals surface area contributed by atoms with Crippen LogP contribution >= 0.6 is 0 Å². The molecular weight excluding hydrogens is 264 g/mol. The Morgan fingerprint density at radius 1 is 1.10 bits per heavy atom. The highest BCUT2D eigenvalue weighted by Crippen LogP contribution is 2.23. The van der Waals surface area contributed by atoms with Crippen LogP contribution in [-0.2, 0) is 4.79 Å². The first kappa shape index (κ1) is 14.3. The smallest absolute Gasteiger partial charge is 0.227 e. The predicted octanol–water partition coefficient (Wildman–Crippen LogP) is 2.01. The molecule has 1 aromatic heterocycles. The van der Waals surface area contributed by atoms with Gasteiger partial charge in [0.05, 0.1) is 5.92 Å². The average molecular weight is 288 g/mol. The minimum atomic E-state index is 0.113. The molecule has 1 amide bonds. The van der Waals surface area contributed by atoms with Crippen LogP contribution in [0.4, 0.5) is 5.95 Å². The fraction of sp³-hybridized carbons (Fsp3) is 0.688. The van der Waals surface area contributed by atoms with Gasteiger partial charge < -0.3 is 9.80 Å². The Morgan fingerprint density at radius 3 is 2.52 bits per heavy atom. The van der Waals surface area contributed by atoms with Crippen LogP contribution in [0.15, 0.2) is 12.4 Å². The molecular formula is C16H24N4O. The van der Waals surface area contributed by atoms with Crippen molar-refractivity contribution in [1.82, 2.24) is 14.9 Å². The Labute approximate surface area is 126 Å². The minimum Gasteiger partial charge on any atom is -0.342 e. The van der Waals surface area contributed by atoms with Crippen LogP contribution in [0.25, 0.3) is 0 Å². The highest BCUT2D eigenvalue weighted by molar-refractivity contribution is 5.79. The van der Waals surface area contributed by atoms with E-state index >= 15 is 0 Å². The van der Waals surface area contributed by atoms with E-state index in [9.17, 15) is 4.79 Å². The molecule has 0 spiro atoms. The first-order valence-corrected chi connectivity index (χ1v) is 8.06. The molecule has 0 N–H and O–H groups in total. The molecule has 2 saturated heterocycles. The number of carbonyl (C=O) groups excluding carboxylic acids is 1. The number of aryl methyl sites for hydroxylation is 1. The molecule has 5 nitrogen and oxygen atoms in total. The third-order valence-electron chi connectivity index (χ3n) is 4.49. The Morgan fingerprint density at radius 2 is 1.81 bits per heavy atom. The number of hydrogen-bond acceptors (Lipinski definition) is 4. The van der Waals surface area contributed by atoms with Gasteiger partial charge in [-0.1, -0.05) is 0 Å². The fourth-order valence-corrected chi connectivity index (χ4v) is 3.28. The van der Waals surface area contributed by atoms with Gasteiger partial charge in [0.25, 0.3) is 0 Å². The molecule has 0 bridgehead atoms. The first-order chi connectivity index (χ1) is 10.2. The van der Waals surface area contributed by atoms with Gasteiger partial charge >= 0.3 is 0 Å². The third-order valence-corrected chi connectivity index (χ3v) is 4.49. The average Bonchev–Trinajstić information content (AvgIpc) is 2.56. The van der Waals surface area contributed by atoms with E-state index in [2.05, 4.69) is 19.8 Å². The lowest BCUT2D eigenvalue weighted by Gasteiger charge is -2.36. The summed E-state index contributed by atoms with van der Waals surface area (Å²) in [6.07, 6.45) is 9.31. The molecule has 1 unspecified atom stereocenters. The largest absolute Gasteiger partial charge is 0.342 e. The van der Waals surface area contributed by atoms with Gasteiger partial charge in [0, 0.05) is 38.6 Å². The van der Waals surface area contributed by atoms with Crippen LogP contribution in [-0.4, -0.2) is 47.0 Å². The van der Waals surface area contributed by atoms with Crippen molar-refractivity contribution in [3.8, 4) is 0 Å². The number of likely N-dealkylation sites (tertiary alicyclic amines) is 1. The van der Waals surface area contributed by atoms with Crippen LogP contribution in [0.2, 0.25) is 0 Å².